The number of Topliss-reactive ketones (excluding diaryl/α,β-unsaturated/α-hetero) is 1. The lowest BCUT2D eigenvalue weighted by molar-refractivity contribution is -0.248. The number of alkyl halides is 2. The van der Waals surface area contributed by atoms with E-state index in [9.17, 15) is 24.6 Å². The van der Waals surface area contributed by atoms with E-state index in [1.54, 1.807) is 20.8 Å². The smallest absolute Gasteiger partial charge is 0.375 e. The van der Waals surface area contributed by atoms with Crippen molar-refractivity contribution in [2.45, 2.75) is 82.4 Å². The molecule has 0 aromatic rings. The molecule has 9 atom stereocenters. The second kappa shape index (κ2) is 6.37. The van der Waals surface area contributed by atoms with E-state index in [4.69, 9.17) is 9.47 Å². The minimum Gasteiger partial charge on any atom is -0.475 e. The lowest BCUT2D eigenvalue weighted by Gasteiger charge is -2.63. The lowest BCUT2D eigenvalue weighted by Crippen LogP contribution is -2.71. The van der Waals surface area contributed by atoms with Crippen LogP contribution >= 0.6 is 0 Å². The van der Waals surface area contributed by atoms with Crippen LogP contribution in [0, 0.1) is 22.7 Å². The SMILES string of the molecule is CC1(C)O[C@H]2C[C@H]3[C@@H]4C[C@H](F)C5=CC(=O)C=C[C@]5(C)C4(F)[C@@H](O)C[C@]3(C)[C@@]2(C(=O)C(=O)O)O1. The number of ether oxygens (including phenoxy) is 2. The van der Waals surface area contributed by atoms with Crippen molar-refractivity contribution in [2.24, 2.45) is 22.7 Å². The summed E-state index contributed by atoms with van der Waals surface area (Å²) in [6.07, 6.45) is -1.13. The van der Waals surface area contributed by atoms with Crippen molar-refractivity contribution >= 4 is 17.5 Å². The first-order valence-electron chi connectivity index (χ1n) is 11.3. The van der Waals surface area contributed by atoms with Gasteiger partial charge in [-0.25, -0.2) is 13.6 Å². The summed E-state index contributed by atoms with van der Waals surface area (Å²) in [6.45, 7) is 6.24. The summed E-state index contributed by atoms with van der Waals surface area (Å²) in [5.41, 5.74) is -7.14. The van der Waals surface area contributed by atoms with E-state index in [1.165, 1.54) is 19.1 Å². The van der Waals surface area contributed by atoms with Crippen LogP contribution in [0.5, 0.6) is 0 Å². The zero-order valence-electron chi connectivity index (χ0n) is 18.9. The number of allylic oxidation sites excluding steroid dienone is 4. The van der Waals surface area contributed by atoms with Gasteiger partial charge in [0.1, 0.15) is 6.17 Å². The number of fused-ring (bicyclic) bond motifs is 7. The van der Waals surface area contributed by atoms with Crippen LogP contribution in [-0.4, -0.2) is 63.2 Å². The normalized spacial score (nSPS) is 51.8. The molecule has 4 fully saturated rings. The Morgan fingerprint density at radius 1 is 1.15 bits per heavy atom. The Bertz CT molecular complexity index is 1040. The van der Waals surface area contributed by atoms with E-state index < -0.39 is 75.6 Å². The summed E-state index contributed by atoms with van der Waals surface area (Å²) >= 11 is 0. The molecule has 1 aliphatic heterocycles. The van der Waals surface area contributed by atoms with E-state index in [1.807, 2.05) is 0 Å². The zero-order chi connectivity index (χ0) is 24.4. The fourth-order valence-electron chi connectivity index (χ4n) is 7.86. The lowest BCUT2D eigenvalue weighted by atomic mass is 9.44. The fourth-order valence-corrected chi connectivity index (χ4v) is 7.86. The zero-order valence-corrected chi connectivity index (χ0v) is 18.9. The van der Waals surface area contributed by atoms with E-state index in [0.717, 1.165) is 6.08 Å². The van der Waals surface area contributed by atoms with Gasteiger partial charge in [0.25, 0.3) is 5.78 Å². The second-order valence-corrected chi connectivity index (χ2v) is 11.1. The van der Waals surface area contributed by atoms with Gasteiger partial charge in [-0.2, -0.15) is 0 Å². The number of hydrogen-bond acceptors (Lipinski definition) is 6. The molecular weight excluding hydrogens is 438 g/mol. The van der Waals surface area contributed by atoms with Crippen LogP contribution in [0.15, 0.2) is 23.8 Å². The fraction of sp³-hybridized carbons (Fsp3) is 0.708. The Hall–Kier alpha value is -1.97. The molecule has 0 radical (unpaired) electrons. The third-order valence-electron chi connectivity index (χ3n) is 9.15. The molecule has 1 heterocycles. The number of ketones is 2. The minimum absolute atomic E-state index is 0.000414. The van der Waals surface area contributed by atoms with Crippen molar-refractivity contribution in [1.29, 1.82) is 0 Å². The first-order chi connectivity index (χ1) is 15.1. The van der Waals surface area contributed by atoms with Gasteiger partial charge in [0.15, 0.2) is 22.8 Å². The number of aliphatic hydroxyl groups excluding tert-OH is 1. The Balaban J connectivity index is 1.67. The quantitative estimate of drug-likeness (QED) is 0.602. The van der Waals surface area contributed by atoms with E-state index in [-0.39, 0.29) is 24.8 Å². The molecule has 1 saturated heterocycles. The molecule has 2 N–H and O–H groups in total. The Kier molecular flexibility index (Phi) is 4.40. The maximum absolute atomic E-state index is 17.1. The molecule has 0 aromatic carbocycles. The number of carbonyl (C=O) groups is 3. The van der Waals surface area contributed by atoms with Gasteiger partial charge in [-0.05, 0) is 63.7 Å². The maximum Gasteiger partial charge on any atom is 0.375 e. The van der Waals surface area contributed by atoms with Gasteiger partial charge < -0.3 is 19.7 Å². The molecule has 0 bridgehead atoms. The van der Waals surface area contributed by atoms with E-state index in [2.05, 4.69) is 0 Å². The molecule has 180 valence electrons. The summed E-state index contributed by atoms with van der Waals surface area (Å²) in [4.78, 5) is 36.9. The number of hydrogen-bond donors (Lipinski definition) is 2. The van der Waals surface area contributed by atoms with Crippen LogP contribution < -0.4 is 0 Å². The van der Waals surface area contributed by atoms with Crippen molar-refractivity contribution in [3.8, 4) is 0 Å². The average molecular weight is 466 g/mol. The molecule has 0 spiro atoms. The van der Waals surface area contributed by atoms with Gasteiger partial charge in [-0.15, -0.1) is 0 Å². The van der Waals surface area contributed by atoms with Gasteiger partial charge in [0, 0.05) is 16.7 Å². The van der Waals surface area contributed by atoms with Crippen LogP contribution in [0.25, 0.3) is 0 Å². The third kappa shape index (κ3) is 2.46. The molecule has 7 nitrogen and oxygen atoms in total. The number of carboxylic acid groups (broad SMARTS) is 1. The number of aliphatic carboxylic acids is 1. The predicted molar refractivity (Wildman–Crippen MR) is 109 cm³/mol. The molecule has 0 aromatic heterocycles. The molecule has 5 rings (SSSR count). The van der Waals surface area contributed by atoms with Crippen LogP contribution in [0.3, 0.4) is 0 Å². The standard InChI is InChI=1S/C24H28F2O7/c1-20(2)32-17-9-12-13-8-15(25)14-7-11(27)5-6-21(14,3)23(13,26)16(28)10-22(12,4)24(17,33-20)18(29)19(30)31/h5-7,12-13,15-17,28H,8-10H2,1-4H3,(H,30,31)/t12-,13-,15-,16-,17-,21-,22-,23?,24+/m0/s1. The van der Waals surface area contributed by atoms with Gasteiger partial charge in [0.05, 0.1) is 12.2 Å². The average Bonchev–Trinajstić information content (AvgIpc) is 3.11. The highest BCUT2D eigenvalue weighted by Gasteiger charge is 2.81. The summed E-state index contributed by atoms with van der Waals surface area (Å²) in [5, 5.41) is 21.0. The molecule has 33 heavy (non-hydrogen) atoms. The van der Waals surface area contributed by atoms with Crippen molar-refractivity contribution in [3.05, 3.63) is 23.8 Å². The van der Waals surface area contributed by atoms with E-state index in [0.29, 0.717) is 0 Å². The van der Waals surface area contributed by atoms with Crippen molar-refractivity contribution in [2.75, 3.05) is 0 Å². The highest BCUT2D eigenvalue weighted by atomic mass is 19.1. The minimum atomic E-state index is -2.33. The van der Waals surface area contributed by atoms with Crippen LogP contribution in [0.1, 0.15) is 47.0 Å². The Labute approximate surface area is 189 Å². The highest BCUT2D eigenvalue weighted by Crippen LogP contribution is 2.72. The number of carbonyl (C=O) groups excluding carboxylic acids is 2. The van der Waals surface area contributed by atoms with E-state index >= 15 is 8.78 Å². The van der Waals surface area contributed by atoms with Crippen molar-refractivity contribution < 1.29 is 42.9 Å². The first kappa shape index (κ1) is 22.8. The van der Waals surface area contributed by atoms with Crippen LogP contribution in [0.2, 0.25) is 0 Å². The molecule has 1 unspecified atom stereocenters. The summed E-state index contributed by atoms with van der Waals surface area (Å²) in [7, 11) is 0. The molecular formula is C24H28F2O7. The van der Waals surface area contributed by atoms with Gasteiger partial charge in [-0.1, -0.05) is 13.0 Å². The molecule has 3 saturated carbocycles. The number of halogens is 2. The van der Waals surface area contributed by atoms with Crippen molar-refractivity contribution in [3.63, 3.8) is 0 Å². The molecule has 0 amide bonds. The Morgan fingerprint density at radius 3 is 2.45 bits per heavy atom. The number of carboxylic acids is 1. The maximum atomic E-state index is 17.1. The van der Waals surface area contributed by atoms with Crippen LogP contribution in [-0.2, 0) is 23.9 Å². The van der Waals surface area contributed by atoms with Gasteiger partial charge in [0.2, 0.25) is 0 Å². The first-order valence-corrected chi connectivity index (χ1v) is 11.3. The summed E-state index contributed by atoms with van der Waals surface area (Å²) in [6, 6.07) is 0. The number of rotatable bonds is 2. The topological polar surface area (TPSA) is 110 Å². The summed E-state index contributed by atoms with van der Waals surface area (Å²) < 4.78 is 44.6. The number of aliphatic hydroxyl groups is 1. The highest BCUT2D eigenvalue weighted by molar-refractivity contribution is 6.36. The predicted octanol–water partition coefficient (Wildman–Crippen LogP) is 2.46. The van der Waals surface area contributed by atoms with Crippen LogP contribution in [0.4, 0.5) is 8.78 Å². The molecule has 5 aliphatic rings. The van der Waals surface area contributed by atoms with Crippen molar-refractivity contribution in [1.82, 2.24) is 0 Å². The second-order valence-electron chi connectivity index (χ2n) is 11.1. The van der Waals surface area contributed by atoms with Gasteiger partial charge >= 0.3 is 5.97 Å². The Morgan fingerprint density at radius 2 is 1.82 bits per heavy atom. The van der Waals surface area contributed by atoms with Gasteiger partial charge in [-0.3, -0.25) is 9.59 Å². The summed E-state index contributed by atoms with van der Waals surface area (Å²) in [5.74, 6) is -6.36. The third-order valence-corrected chi connectivity index (χ3v) is 9.15. The largest absolute Gasteiger partial charge is 0.475 e. The molecule has 4 aliphatic carbocycles. The monoisotopic (exact) mass is 466 g/mol. The molecule has 9 heteroatoms.